The van der Waals surface area contributed by atoms with Gasteiger partial charge in [-0.25, -0.2) is 9.98 Å². The molecule has 4 rings (SSSR count). The van der Waals surface area contributed by atoms with Crippen LogP contribution in [-0.2, 0) is 11.3 Å². The first-order chi connectivity index (χ1) is 18.4. The van der Waals surface area contributed by atoms with E-state index in [9.17, 15) is 10.1 Å². The minimum Gasteiger partial charge on any atom is -0.490 e. The van der Waals surface area contributed by atoms with Gasteiger partial charge >= 0.3 is 0 Å². The van der Waals surface area contributed by atoms with Crippen LogP contribution in [0.1, 0.15) is 35.2 Å². The largest absolute Gasteiger partial charge is 0.490 e. The molecule has 0 saturated heterocycles. The molecule has 2 heterocycles. The Morgan fingerprint density at radius 2 is 1.92 bits per heavy atom. The molecule has 2 aromatic carbocycles. The molecule has 3 aromatic rings. The summed E-state index contributed by atoms with van der Waals surface area (Å²) in [5.41, 5.74) is 14.4. The highest BCUT2D eigenvalue weighted by atomic mass is 16.5. The van der Waals surface area contributed by atoms with Crippen molar-refractivity contribution < 1.29 is 14.3 Å². The Bertz CT molecular complexity index is 1460. The minimum absolute atomic E-state index is 0.0361. The highest BCUT2D eigenvalue weighted by molar-refractivity contribution is 5.98. The summed E-state index contributed by atoms with van der Waals surface area (Å²) in [6.07, 6.45) is 1.81. The number of nitrogen functional groups attached to an aromatic ring is 2. The summed E-state index contributed by atoms with van der Waals surface area (Å²) in [5, 5.41) is 26.8. The maximum atomic E-state index is 12.3. The van der Waals surface area contributed by atoms with E-state index in [0.29, 0.717) is 35.8 Å². The van der Waals surface area contributed by atoms with Crippen molar-refractivity contribution in [3.05, 3.63) is 70.8 Å². The maximum absolute atomic E-state index is 12.3. The molecule has 1 aromatic heterocycles. The molecule has 0 spiro atoms. The van der Waals surface area contributed by atoms with Gasteiger partial charge < -0.3 is 31.6 Å². The number of aliphatic imine (C=N–C) groups is 1. The number of nitriles is 2. The lowest BCUT2D eigenvalue weighted by atomic mass is 9.95. The number of pyridine rings is 1. The molecule has 1 unspecified atom stereocenters. The number of amides is 1. The molecule has 1 aliphatic heterocycles. The van der Waals surface area contributed by atoms with Crippen molar-refractivity contribution >= 4 is 29.2 Å². The van der Waals surface area contributed by atoms with E-state index in [1.165, 1.54) is 0 Å². The standard InChI is InChI=1S/C26H25N9O3/c1-2-37-19-10-16(8-9-18(19)38-13-20(36)31-12-15-6-4-3-5-7-15)23-21-22(29)17(11-27)24(30)34-25(21)35-26(33-23)32-14-28/h3-10,23H,2,12-13H2,1H3,(H,31,36)(H6,29,30,32,33,34,35). The Morgan fingerprint density at radius 3 is 2.63 bits per heavy atom. The Balaban J connectivity index is 1.60. The molecular weight excluding hydrogens is 486 g/mol. The van der Waals surface area contributed by atoms with E-state index in [1.54, 1.807) is 18.2 Å². The summed E-state index contributed by atoms with van der Waals surface area (Å²) in [5.74, 6) is 0.815. The molecule has 0 fully saturated rings. The van der Waals surface area contributed by atoms with Gasteiger partial charge in [0.25, 0.3) is 5.91 Å². The third-order valence-corrected chi connectivity index (χ3v) is 5.63. The molecule has 12 heteroatoms. The SMILES string of the molecule is CCOc1cc(C2N=C(NC#N)Nc3nc(N)c(C#N)c(N)c32)ccc1OCC(=O)NCc1ccccc1. The number of nitrogens with two attached hydrogens (primary N) is 2. The van der Waals surface area contributed by atoms with Crippen molar-refractivity contribution in [3.63, 3.8) is 0 Å². The van der Waals surface area contributed by atoms with Gasteiger partial charge in [-0.2, -0.15) is 10.5 Å². The molecule has 0 radical (unpaired) electrons. The zero-order chi connectivity index (χ0) is 27.1. The molecule has 38 heavy (non-hydrogen) atoms. The summed E-state index contributed by atoms with van der Waals surface area (Å²) in [6, 6.07) is 15.9. The van der Waals surface area contributed by atoms with Gasteiger partial charge in [-0.1, -0.05) is 36.4 Å². The van der Waals surface area contributed by atoms with E-state index < -0.39 is 6.04 Å². The number of guanidine groups is 1. The highest BCUT2D eigenvalue weighted by Gasteiger charge is 2.30. The topological polar surface area (TPSA) is 196 Å². The van der Waals surface area contributed by atoms with Gasteiger partial charge in [0, 0.05) is 12.1 Å². The summed E-state index contributed by atoms with van der Waals surface area (Å²) in [6.45, 7) is 2.33. The van der Waals surface area contributed by atoms with Crippen LogP contribution in [0, 0.1) is 22.8 Å². The number of nitrogens with zero attached hydrogens (tertiary/aromatic N) is 4. The number of rotatable bonds is 8. The van der Waals surface area contributed by atoms with Crippen molar-refractivity contribution in [2.45, 2.75) is 19.5 Å². The van der Waals surface area contributed by atoms with E-state index in [0.717, 1.165) is 5.56 Å². The van der Waals surface area contributed by atoms with Gasteiger partial charge in [-0.15, -0.1) is 0 Å². The average molecular weight is 512 g/mol. The molecular formula is C26H25N9O3. The molecule has 12 nitrogen and oxygen atoms in total. The van der Waals surface area contributed by atoms with E-state index in [-0.39, 0.29) is 41.4 Å². The summed E-state index contributed by atoms with van der Waals surface area (Å²) >= 11 is 0. The van der Waals surface area contributed by atoms with E-state index in [4.69, 9.17) is 26.2 Å². The highest BCUT2D eigenvalue weighted by Crippen LogP contribution is 2.42. The number of benzene rings is 2. The van der Waals surface area contributed by atoms with Gasteiger partial charge in [0.1, 0.15) is 29.3 Å². The van der Waals surface area contributed by atoms with Gasteiger partial charge in [0.2, 0.25) is 5.96 Å². The molecule has 1 aliphatic rings. The van der Waals surface area contributed by atoms with Crippen LogP contribution < -0.4 is 36.9 Å². The van der Waals surface area contributed by atoms with Gasteiger partial charge in [-0.3, -0.25) is 10.1 Å². The number of carbonyl (C=O) groups excluding carboxylic acids is 1. The normalized spacial score (nSPS) is 13.6. The first kappa shape index (κ1) is 25.6. The molecule has 0 aliphatic carbocycles. The van der Waals surface area contributed by atoms with Gasteiger partial charge in [0.15, 0.2) is 24.3 Å². The molecule has 7 N–H and O–H groups in total. The number of fused-ring (bicyclic) bond motifs is 1. The fourth-order valence-electron chi connectivity index (χ4n) is 3.90. The van der Waals surface area contributed by atoms with Crippen LogP contribution in [-0.4, -0.2) is 30.1 Å². The predicted octanol–water partition coefficient (Wildman–Crippen LogP) is 2.15. The Hall–Kier alpha value is -5.49. The second-order valence-electron chi connectivity index (χ2n) is 8.09. The van der Waals surface area contributed by atoms with Crippen LogP contribution in [0.15, 0.2) is 53.5 Å². The monoisotopic (exact) mass is 511 g/mol. The number of hydrogen-bond donors (Lipinski definition) is 5. The van der Waals surface area contributed by atoms with E-state index >= 15 is 0 Å². The first-order valence-electron chi connectivity index (χ1n) is 11.6. The summed E-state index contributed by atoms with van der Waals surface area (Å²) in [7, 11) is 0. The van der Waals surface area contributed by atoms with Crippen LogP contribution in [0.5, 0.6) is 11.5 Å². The third kappa shape index (κ3) is 5.50. The quantitative estimate of drug-likeness (QED) is 0.221. The minimum atomic E-state index is -0.746. The number of anilines is 3. The smallest absolute Gasteiger partial charge is 0.258 e. The average Bonchev–Trinajstić information content (AvgIpc) is 2.91. The van der Waals surface area contributed by atoms with Gasteiger partial charge in [0.05, 0.1) is 12.3 Å². The molecule has 0 saturated carbocycles. The number of carbonyl (C=O) groups is 1. The number of nitrogens with one attached hydrogen (secondary N) is 3. The number of aromatic nitrogens is 1. The van der Waals surface area contributed by atoms with Crippen molar-refractivity contribution in [2.75, 3.05) is 30.0 Å². The Morgan fingerprint density at radius 1 is 1.13 bits per heavy atom. The summed E-state index contributed by atoms with van der Waals surface area (Å²) in [4.78, 5) is 21.1. The van der Waals surface area contributed by atoms with Crippen molar-refractivity contribution in [3.8, 4) is 23.8 Å². The summed E-state index contributed by atoms with van der Waals surface area (Å²) < 4.78 is 11.5. The zero-order valence-corrected chi connectivity index (χ0v) is 20.5. The van der Waals surface area contributed by atoms with Crippen molar-refractivity contribution in [2.24, 2.45) is 4.99 Å². The Kier molecular flexibility index (Phi) is 7.74. The fraction of sp³-hybridized carbons (Fsp3) is 0.192. The Labute approximate surface area is 218 Å². The molecule has 1 amide bonds. The van der Waals surface area contributed by atoms with Crippen LogP contribution in [0.25, 0.3) is 0 Å². The van der Waals surface area contributed by atoms with Gasteiger partial charge in [-0.05, 0) is 30.2 Å². The second-order valence-corrected chi connectivity index (χ2v) is 8.09. The fourth-order valence-corrected chi connectivity index (χ4v) is 3.90. The van der Waals surface area contributed by atoms with Crippen molar-refractivity contribution in [1.82, 2.24) is 15.6 Å². The van der Waals surface area contributed by atoms with Crippen LogP contribution in [0.3, 0.4) is 0 Å². The third-order valence-electron chi connectivity index (χ3n) is 5.63. The zero-order valence-electron chi connectivity index (χ0n) is 20.5. The molecule has 1 atom stereocenters. The lowest BCUT2D eigenvalue weighted by Crippen LogP contribution is -2.32. The lowest BCUT2D eigenvalue weighted by Gasteiger charge is -2.26. The van der Waals surface area contributed by atoms with E-state index in [1.807, 2.05) is 49.5 Å². The van der Waals surface area contributed by atoms with Crippen LogP contribution >= 0.6 is 0 Å². The predicted molar refractivity (Wildman–Crippen MR) is 141 cm³/mol. The molecule has 192 valence electrons. The van der Waals surface area contributed by atoms with Crippen molar-refractivity contribution in [1.29, 1.82) is 10.5 Å². The van der Waals surface area contributed by atoms with E-state index in [2.05, 4.69) is 25.9 Å². The lowest BCUT2D eigenvalue weighted by molar-refractivity contribution is -0.123. The maximum Gasteiger partial charge on any atom is 0.258 e. The van der Waals surface area contributed by atoms with Crippen LogP contribution in [0.4, 0.5) is 17.3 Å². The molecule has 0 bridgehead atoms. The number of hydrogen-bond acceptors (Lipinski definition) is 11. The second kappa shape index (κ2) is 11.5. The van der Waals surface area contributed by atoms with Crippen LogP contribution in [0.2, 0.25) is 0 Å². The number of ether oxygens (including phenoxy) is 2. The first-order valence-corrected chi connectivity index (χ1v) is 11.6.